The summed E-state index contributed by atoms with van der Waals surface area (Å²) in [6.07, 6.45) is 0. The largest absolute Gasteiger partial charge is 0.497 e. The number of ether oxygens (including phenoxy) is 2. The number of nitrogens with zero attached hydrogens (tertiary/aromatic N) is 2. The van der Waals surface area contributed by atoms with E-state index in [1.165, 1.54) is 4.90 Å². The SMILES string of the molecule is CCOC(=O)c1c(C)c(C(=O)CN(C)C(=O)c2ccc(OC)cc2)c(C)n1C. The normalized spacial score (nSPS) is 10.5. The Morgan fingerprint density at radius 3 is 2.25 bits per heavy atom. The monoisotopic (exact) mass is 386 g/mol. The van der Waals surface area contributed by atoms with E-state index in [9.17, 15) is 14.4 Å². The number of likely N-dealkylation sites (N-methyl/N-ethyl adjacent to an activating group) is 1. The summed E-state index contributed by atoms with van der Waals surface area (Å²) in [6, 6.07) is 6.69. The second kappa shape index (κ2) is 8.73. The Bertz CT molecular complexity index is 897. The number of aromatic nitrogens is 1. The van der Waals surface area contributed by atoms with Gasteiger partial charge in [0, 0.05) is 30.9 Å². The van der Waals surface area contributed by atoms with Gasteiger partial charge in [0.1, 0.15) is 11.4 Å². The lowest BCUT2D eigenvalue weighted by Crippen LogP contribution is -2.32. The van der Waals surface area contributed by atoms with Gasteiger partial charge in [0.25, 0.3) is 5.91 Å². The number of ketones is 1. The molecule has 0 aliphatic carbocycles. The van der Waals surface area contributed by atoms with Gasteiger partial charge in [0.2, 0.25) is 0 Å². The Kier molecular flexibility index (Phi) is 6.62. The first-order valence-corrected chi connectivity index (χ1v) is 8.98. The Hall–Kier alpha value is -3.09. The van der Waals surface area contributed by atoms with Gasteiger partial charge in [0.15, 0.2) is 5.78 Å². The quantitative estimate of drug-likeness (QED) is 0.540. The van der Waals surface area contributed by atoms with E-state index in [-0.39, 0.29) is 24.8 Å². The van der Waals surface area contributed by atoms with Gasteiger partial charge < -0.3 is 18.9 Å². The summed E-state index contributed by atoms with van der Waals surface area (Å²) >= 11 is 0. The highest BCUT2D eigenvalue weighted by Crippen LogP contribution is 2.23. The molecule has 0 bridgehead atoms. The van der Waals surface area contributed by atoms with Crippen molar-refractivity contribution in [3.05, 3.63) is 52.3 Å². The van der Waals surface area contributed by atoms with Crippen molar-refractivity contribution in [2.75, 3.05) is 27.3 Å². The highest BCUT2D eigenvalue weighted by atomic mass is 16.5. The third-order valence-electron chi connectivity index (χ3n) is 4.74. The van der Waals surface area contributed by atoms with Crippen molar-refractivity contribution < 1.29 is 23.9 Å². The zero-order valence-electron chi connectivity index (χ0n) is 17.2. The second-order valence-corrected chi connectivity index (χ2v) is 6.53. The van der Waals surface area contributed by atoms with E-state index >= 15 is 0 Å². The molecule has 1 heterocycles. The van der Waals surface area contributed by atoms with Crippen LogP contribution in [-0.2, 0) is 11.8 Å². The molecule has 0 atom stereocenters. The Labute approximate surface area is 164 Å². The van der Waals surface area contributed by atoms with E-state index in [4.69, 9.17) is 9.47 Å². The molecule has 0 N–H and O–H groups in total. The molecule has 2 rings (SSSR count). The van der Waals surface area contributed by atoms with E-state index in [2.05, 4.69) is 0 Å². The number of carbonyl (C=O) groups is 3. The van der Waals surface area contributed by atoms with Crippen LogP contribution in [0.1, 0.15) is 49.4 Å². The zero-order valence-corrected chi connectivity index (χ0v) is 17.2. The van der Waals surface area contributed by atoms with Gasteiger partial charge in [-0.3, -0.25) is 9.59 Å². The Morgan fingerprint density at radius 2 is 1.71 bits per heavy atom. The van der Waals surface area contributed by atoms with Crippen molar-refractivity contribution in [3.63, 3.8) is 0 Å². The van der Waals surface area contributed by atoms with Gasteiger partial charge >= 0.3 is 5.97 Å². The van der Waals surface area contributed by atoms with Gasteiger partial charge in [-0.2, -0.15) is 0 Å². The van der Waals surface area contributed by atoms with Crippen LogP contribution in [0.4, 0.5) is 0 Å². The summed E-state index contributed by atoms with van der Waals surface area (Å²) in [6.45, 7) is 5.38. The summed E-state index contributed by atoms with van der Waals surface area (Å²) in [5.41, 5.74) is 2.49. The number of methoxy groups -OCH3 is 1. The summed E-state index contributed by atoms with van der Waals surface area (Å²) in [5, 5.41) is 0. The maximum Gasteiger partial charge on any atom is 0.355 e. The van der Waals surface area contributed by atoms with E-state index in [1.807, 2.05) is 0 Å². The smallest absolute Gasteiger partial charge is 0.355 e. The Balaban J connectivity index is 2.23. The minimum Gasteiger partial charge on any atom is -0.497 e. The number of Topliss-reactive ketones (excluding diaryl/α,β-unsaturated/α-hetero) is 1. The predicted molar refractivity (Wildman–Crippen MR) is 105 cm³/mol. The molecule has 1 aromatic carbocycles. The highest BCUT2D eigenvalue weighted by Gasteiger charge is 2.27. The fourth-order valence-electron chi connectivity index (χ4n) is 3.20. The molecule has 0 spiro atoms. The van der Waals surface area contributed by atoms with Crippen molar-refractivity contribution in [2.45, 2.75) is 20.8 Å². The molecule has 1 aromatic heterocycles. The fraction of sp³-hybridized carbons (Fsp3) is 0.381. The maximum absolute atomic E-state index is 12.9. The number of amides is 1. The van der Waals surface area contributed by atoms with Crippen LogP contribution in [0.3, 0.4) is 0 Å². The molecule has 0 saturated carbocycles. The van der Waals surface area contributed by atoms with Crippen LogP contribution in [0.2, 0.25) is 0 Å². The van der Waals surface area contributed by atoms with Crippen molar-refractivity contribution in [2.24, 2.45) is 7.05 Å². The van der Waals surface area contributed by atoms with Gasteiger partial charge in [0.05, 0.1) is 20.3 Å². The van der Waals surface area contributed by atoms with Gasteiger partial charge in [-0.05, 0) is 50.6 Å². The molecule has 1 amide bonds. The minimum absolute atomic E-state index is 0.0984. The van der Waals surface area contributed by atoms with Crippen LogP contribution >= 0.6 is 0 Å². The Morgan fingerprint density at radius 1 is 1.11 bits per heavy atom. The molecule has 7 heteroatoms. The van der Waals surface area contributed by atoms with Gasteiger partial charge in [-0.25, -0.2) is 4.79 Å². The average molecular weight is 386 g/mol. The zero-order chi connectivity index (χ0) is 21.0. The topological polar surface area (TPSA) is 77.8 Å². The van der Waals surface area contributed by atoms with Crippen LogP contribution in [0.25, 0.3) is 0 Å². The average Bonchev–Trinajstić information content (AvgIpc) is 2.90. The molecule has 2 aromatic rings. The van der Waals surface area contributed by atoms with E-state index < -0.39 is 5.97 Å². The number of hydrogen-bond acceptors (Lipinski definition) is 5. The number of rotatable bonds is 7. The molecule has 0 fully saturated rings. The van der Waals surface area contributed by atoms with Crippen molar-refractivity contribution in [1.29, 1.82) is 0 Å². The molecule has 0 aliphatic rings. The molecule has 28 heavy (non-hydrogen) atoms. The minimum atomic E-state index is -0.465. The highest BCUT2D eigenvalue weighted by molar-refractivity contribution is 6.05. The van der Waals surface area contributed by atoms with Gasteiger partial charge in [-0.15, -0.1) is 0 Å². The molecular weight excluding hydrogens is 360 g/mol. The first-order valence-electron chi connectivity index (χ1n) is 8.98. The molecule has 7 nitrogen and oxygen atoms in total. The van der Waals surface area contributed by atoms with Crippen LogP contribution in [-0.4, -0.2) is 54.4 Å². The van der Waals surface area contributed by atoms with E-state index in [0.717, 1.165) is 0 Å². The van der Waals surface area contributed by atoms with Crippen LogP contribution in [0.5, 0.6) is 5.75 Å². The maximum atomic E-state index is 12.9. The van der Waals surface area contributed by atoms with E-state index in [1.54, 1.807) is 70.8 Å². The summed E-state index contributed by atoms with van der Waals surface area (Å²) in [4.78, 5) is 39.1. The first kappa shape index (κ1) is 21.2. The molecular formula is C21H26N2O5. The predicted octanol–water partition coefficient (Wildman–Crippen LogP) is 2.78. The number of hydrogen-bond donors (Lipinski definition) is 0. The lowest BCUT2D eigenvalue weighted by atomic mass is 10.0. The summed E-state index contributed by atoms with van der Waals surface area (Å²) in [5.74, 6) is -0.317. The molecule has 0 aliphatic heterocycles. The van der Waals surface area contributed by atoms with Crippen molar-refractivity contribution in [3.8, 4) is 5.75 Å². The number of benzene rings is 1. The van der Waals surface area contributed by atoms with Crippen molar-refractivity contribution >= 4 is 17.7 Å². The third-order valence-corrected chi connectivity index (χ3v) is 4.74. The second-order valence-electron chi connectivity index (χ2n) is 6.53. The van der Waals surface area contributed by atoms with Crippen molar-refractivity contribution in [1.82, 2.24) is 9.47 Å². The van der Waals surface area contributed by atoms with E-state index in [0.29, 0.717) is 33.8 Å². The lowest BCUT2D eigenvalue weighted by Gasteiger charge is -2.17. The molecule has 0 radical (unpaired) electrons. The molecule has 0 unspecified atom stereocenters. The summed E-state index contributed by atoms with van der Waals surface area (Å²) < 4.78 is 11.8. The van der Waals surface area contributed by atoms with Crippen LogP contribution < -0.4 is 4.74 Å². The summed E-state index contributed by atoms with van der Waals surface area (Å²) in [7, 11) is 4.85. The third kappa shape index (κ3) is 4.08. The molecule has 150 valence electrons. The van der Waals surface area contributed by atoms with Crippen LogP contribution in [0.15, 0.2) is 24.3 Å². The fourth-order valence-corrected chi connectivity index (χ4v) is 3.20. The van der Waals surface area contributed by atoms with Gasteiger partial charge in [-0.1, -0.05) is 0 Å². The number of esters is 1. The lowest BCUT2D eigenvalue weighted by molar-refractivity contribution is 0.0514. The first-order chi connectivity index (χ1) is 13.2. The standard InChI is InChI=1S/C21H26N2O5/c1-7-28-21(26)19-13(2)18(14(3)23(19)5)17(24)12-22(4)20(25)15-8-10-16(27-6)11-9-15/h8-11H,7,12H2,1-6H3. The van der Waals surface area contributed by atoms with Crippen LogP contribution in [0, 0.1) is 13.8 Å². The molecule has 0 saturated heterocycles. The number of carbonyl (C=O) groups excluding carboxylic acids is 3.